The first-order valence-electron chi connectivity index (χ1n) is 31.8. The number of carboxylic acids is 1. The van der Waals surface area contributed by atoms with E-state index in [1.807, 2.05) is 0 Å². The Morgan fingerprint density at radius 1 is 0.526 bits per heavy atom. The van der Waals surface area contributed by atoms with Gasteiger partial charge in [-0.2, -0.15) is 0 Å². The number of amides is 3. The van der Waals surface area contributed by atoms with Crippen LogP contribution in [0.1, 0.15) is 232 Å². The van der Waals surface area contributed by atoms with E-state index in [1.165, 1.54) is 88.2 Å². The number of hydrogen-bond acceptors (Lipinski definition) is 4. The van der Waals surface area contributed by atoms with Crippen LogP contribution in [-0.2, 0) is 19.2 Å². The van der Waals surface area contributed by atoms with Gasteiger partial charge >= 0.3 is 5.97 Å². The number of hydrogen-bond donors (Lipinski definition) is 4. The lowest BCUT2D eigenvalue weighted by Gasteiger charge is -2.73. The first kappa shape index (κ1) is 56.6. The fraction of sp³-hybridized carbons (Fsp3) is 0.882. The number of allylic oxidation sites excluding steroid dienone is 2. The third kappa shape index (κ3) is 7.76. The number of carbonyl (C=O) groups is 4. The minimum atomic E-state index is -1.29. The second kappa shape index (κ2) is 18.7. The molecular weight excluding hydrogens is 939 g/mol. The van der Waals surface area contributed by atoms with Crippen molar-refractivity contribution in [3.63, 3.8) is 0 Å². The van der Waals surface area contributed by atoms with Crippen LogP contribution in [0.2, 0.25) is 0 Å². The molecular formula is C68H109N3O5. The van der Waals surface area contributed by atoms with Crippen LogP contribution >= 0.6 is 0 Å². The molecule has 426 valence electrons. The molecule has 4 N–H and O–H groups in total. The maximum absolute atomic E-state index is 15.1. The molecule has 76 heavy (non-hydrogen) atoms. The van der Waals surface area contributed by atoms with Crippen LogP contribution in [0.4, 0.5) is 0 Å². The Morgan fingerprint density at radius 2 is 1.00 bits per heavy atom. The number of rotatable bonds is 11. The van der Waals surface area contributed by atoms with Crippen LogP contribution in [-0.4, -0.2) is 47.9 Å². The topological polar surface area (TPSA) is 125 Å². The van der Waals surface area contributed by atoms with Gasteiger partial charge in [-0.3, -0.25) is 14.4 Å². The van der Waals surface area contributed by atoms with Crippen molar-refractivity contribution in [3.05, 3.63) is 24.3 Å². The molecule has 10 aliphatic carbocycles. The molecule has 10 aliphatic rings. The molecule has 0 heterocycles. The summed E-state index contributed by atoms with van der Waals surface area (Å²) in [5.74, 6) is 3.13. The van der Waals surface area contributed by atoms with Gasteiger partial charge in [-0.15, -0.1) is 0 Å². The summed E-state index contributed by atoms with van der Waals surface area (Å²) in [5, 5.41) is 19.9. The Labute approximate surface area is 462 Å². The van der Waals surface area contributed by atoms with Gasteiger partial charge in [0.25, 0.3) is 0 Å². The lowest BCUT2D eigenvalue weighted by Crippen LogP contribution is -2.67. The molecule has 0 radical (unpaired) electrons. The highest BCUT2D eigenvalue weighted by Crippen LogP contribution is 2.80. The van der Waals surface area contributed by atoms with Crippen molar-refractivity contribution in [1.82, 2.24) is 16.0 Å². The second-order valence-electron chi connectivity index (χ2n) is 32.5. The van der Waals surface area contributed by atoms with Gasteiger partial charge in [-0.1, -0.05) is 114 Å². The minimum Gasteiger partial charge on any atom is -0.480 e. The van der Waals surface area contributed by atoms with E-state index >= 15 is 9.59 Å². The predicted molar refractivity (Wildman–Crippen MR) is 306 cm³/mol. The lowest BCUT2D eigenvalue weighted by atomic mass is 9.32. The predicted octanol–water partition coefficient (Wildman–Crippen LogP) is 14.8. The van der Waals surface area contributed by atoms with Gasteiger partial charge in [0.1, 0.15) is 6.04 Å². The van der Waals surface area contributed by atoms with Gasteiger partial charge in [-0.05, 0) is 251 Å². The van der Waals surface area contributed by atoms with Gasteiger partial charge < -0.3 is 21.1 Å². The van der Waals surface area contributed by atoms with E-state index < -0.39 is 34.7 Å². The zero-order chi connectivity index (χ0) is 55.4. The van der Waals surface area contributed by atoms with Crippen molar-refractivity contribution in [2.75, 3.05) is 13.1 Å². The van der Waals surface area contributed by atoms with Crippen molar-refractivity contribution >= 4 is 23.7 Å². The highest BCUT2D eigenvalue weighted by molar-refractivity contribution is 5.88. The van der Waals surface area contributed by atoms with E-state index in [4.69, 9.17) is 0 Å². The lowest BCUT2D eigenvalue weighted by molar-refractivity contribution is -0.240. The molecule has 10 fully saturated rings. The normalized spacial score (nSPS) is 49.2. The molecule has 8 heteroatoms. The summed E-state index contributed by atoms with van der Waals surface area (Å²) in [4.78, 5) is 57.2. The van der Waals surface area contributed by atoms with Gasteiger partial charge in [0.15, 0.2) is 0 Å². The number of fused-ring (bicyclic) bond motifs is 14. The van der Waals surface area contributed by atoms with Gasteiger partial charge in [0.05, 0.1) is 16.7 Å². The Kier molecular flexibility index (Phi) is 13.9. The van der Waals surface area contributed by atoms with Gasteiger partial charge in [0.2, 0.25) is 17.7 Å². The molecule has 0 bridgehead atoms. The zero-order valence-electron chi connectivity index (χ0n) is 50.8. The van der Waals surface area contributed by atoms with Crippen LogP contribution in [0, 0.1) is 125 Å². The largest absolute Gasteiger partial charge is 0.480 e. The summed E-state index contributed by atoms with van der Waals surface area (Å²) in [5.41, 5.74) is 3.29. The van der Waals surface area contributed by atoms with Crippen molar-refractivity contribution in [3.8, 4) is 0 Å². The molecule has 0 saturated heterocycles. The highest BCUT2D eigenvalue weighted by Gasteiger charge is 2.74. The molecule has 0 aromatic heterocycles. The van der Waals surface area contributed by atoms with Gasteiger partial charge in [0, 0.05) is 13.1 Å². The Morgan fingerprint density at radius 3 is 1.49 bits per heavy atom. The summed E-state index contributed by atoms with van der Waals surface area (Å²) in [7, 11) is 0. The Balaban J connectivity index is 0.800. The van der Waals surface area contributed by atoms with Crippen LogP contribution in [0.15, 0.2) is 24.3 Å². The van der Waals surface area contributed by atoms with Crippen molar-refractivity contribution in [1.29, 1.82) is 0 Å². The van der Waals surface area contributed by atoms with E-state index in [-0.39, 0.29) is 64.3 Å². The molecule has 0 spiro atoms. The van der Waals surface area contributed by atoms with Crippen LogP contribution in [0.5, 0.6) is 0 Å². The number of carbonyl (C=O) groups excluding carboxylic acids is 3. The summed E-state index contributed by atoms with van der Waals surface area (Å²) < 4.78 is 0. The average Bonchev–Trinajstić information content (AvgIpc) is 3.95. The van der Waals surface area contributed by atoms with E-state index in [1.54, 1.807) is 6.92 Å². The smallest absolute Gasteiger partial charge is 0.328 e. The summed E-state index contributed by atoms with van der Waals surface area (Å²) in [6, 6.07) is -1.29. The molecule has 3 amide bonds. The minimum absolute atomic E-state index is 0.0422. The first-order valence-corrected chi connectivity index (χ1v) is 31.8. The SMILES string of the molecule is C=C(C)C1CCC2(C(=O)NCC(C)C(=O)NC(CNC(=O)C34CCC(C(=C)C)C3C3CCC5C6(C)CCC(C)C(C)(C)C6CCC5(C)C3(C)CC4)C(=O)O)CCC3(C)C(CCC4C5(C)CCCC(C)(C)C5CCC43C)C12. The molecule has 21 unspecified atom stereocenters. The summed E-state index contributed by atoms with van der Waals surface area (Å²) in [6.07, 6.45) is 23.8. The zero-order valence-corrected chi connectivity index (χ0v) is 50.8. The maximum atomic E-state index is 15.1. The van der Waals surface area contributed by atoms with Crippen LogP contribution in [0.25, 0.3) is 0 Å². The van der Waals surface area contributed by atoms with E-state index in [2.05, 4.69) is 119 Å². The number of nitrogens with one attached hydrogen (secondary N) is 3. The average molecular weight is 1050 g/mol. The molecule has 21 atom stereocenters. The quantitative estimate of drug-likeness (QED) is 0.153. The van der Waals surface area contributed by atoms with E-state index in [9.17, 15) is 14.7 Å². The van der Waals surface area contributed by atoms with Crippen molar-refractivity contribution < 1.29 is 24.3 Å². The number of carboxylic acid groups (broad SMARTS) is 1. The van der Waals surface area contributed by atoms with Gasteiger partial charge in [-0.25, -0.2) is 4.79 Å². The molecule has 10 rings (SSSR count). The van der Waals surface area contributed by atoms with Crippen molar-refractivity contribution in [2.45, 2.75) is 238 Å². The fourth-order valence-corrected chi connectivity index (χ4v) is 24.7. The molecule has 10 saturated carbocycles. The van der Waals surface area contributed by atoms with E-state index in [0.29, 0.717) is 51.2 Å². The Hall–Kier alpha value is -2.64. The van der Waals surface area contributed by atoms with Crippen molar-refractivity contribution in [2.24, 2.45) is 125 Å². The second-order valence-corrected chi connectivity index (χ2v) is 32.5. The fourth-order valence-electron chi connectivity index (χ4n) is 24.7. The standard InChI is InChI=1S/C68H109N3O5/c1-40(2)44-23-32-67(36-34-63(13)46(53(44)67)18-20-51-61(11)28-17-27-59(7,8)49(61)25-30-65(51,63)15)57(75)69-38-42(5)55(72)71-48(56(73)74)39-70-58(76)68-33-24-45(41(3)4)54(68)47-19-21-52-62(12)29-22-43(6)60(9,10)50(62)26-31-66(52,16)64(47,14)35-37-68/h42-54H,1,3,17-39H2,2,4-16H3,(H,69,75)(H,70,76)(H,71,72)(H,73,74). The Bertz CT molecular complexity index is 2370. The monoisotopic (exact) mass is 1050 g/mol. The third-order valence-electron chi connectivity index (χ3n) is 29.4. The maximum Gasteiger partial charge on any atom is 0.328 e. The van der Waals surface area contributed by atoms with E-state index in [0.717, 1.165) is 75.5 Å². The third-order valence-corrected chi connectivity index (χ3v) is 29.4. The molecule has 8 nitrogen and oxygen atoms in total. The van der Waals surface area contributed by atoms with Crippen LogP contribution < -0.4 is 16.0 Å². The molecule has 0 aromatic carbocycles. The molecule has 0 aromatic rings. The van der Waals surface area contributed by atoms with Crippen LogP contribution in [0.3, 0.4) is 0 Å². The summed E-state index contributed by atoms with van der Waals surface area (Å²) >= 11 is 0. The summed E-state index contributed by atoms with van der Waals surface area (Å²) in [6.45, 7) is 43.8. The molecule has 0 aliphatic heterocycles. The first-order chi connectivity index (χ1) is 35.4. The highest BCUT2D eigenvalue weighted by atomic mass is 16.4. The number of aliphatic carboxylic acids is 1.